The van der Waals surface area contributed by atoms with Crippen molar-refractivity contribution in [2.75, 3.05) is 39.0 Å². The highest BCUT2D eigenvalue weighted by atomic mass is 32.2. The summed E-state index contributed by atoms with van der Waals surface area (Å²) in [5.74, 6) is 0. The fourth-order valence-electron chi connectivity index (χ4n) is 1.90. The molecule has 0 spiro atoms. The van der Waals surface area contributed by atoms with E-state index in [4.69, 9.17) is 5.11 Å². The zero-order chi connectivity index (χ0) is 12.2. The van der Waals surface area contributed by atoms with Gasteiger partial charge >= 0.3 is 0 Å². The Morgan fingerprint density at radius 3 is 2.25 bits per heavy atom. The molecular weight excluding hydrogens is 228 g/mol. The molecule has 1 atom stereocenters. The molecule has 1 fully saturated rings. The third kappa shape index (κ3) is 4.78. The van der Waals surface area contributed by atoms with Crippen LogP contribution in [0.2, 0.25) is 0 Å². The number of aliphatic hydroxyl groups excluding tert-OH is 1. The van der Waals surface area contributed by atoms with Crippen molar-refractivity contribution >= 4 is 10.0 Å². The van der Waals surface area contributed by atoms with Crippen molar-refractivity contribution in [1.29, 1.82) is 0 Å². The third-order valence-electron chi connectivity index (χ3n) is 2.90. The minimum absolute atomic E-state index is 0.239. The van der Waals surface area contributed by atoms with Crippen LogP contribution in [0.25, 0.3) is 0 Å². The topological polar surface area (TPSA) is 60.9 Å². The Kier molecular flexibility index (Phi) is 5.17. The molecule has 0 bridgehead atoms. The summed E-state index contributed by atoms with van der Waals surface area (Å²) in [6.07, 6.45) is 2.80. The second kappa shape index (κ2) is 5.95. The van der Waals surface area contributed by atoms with E-state index in [1.54, 1.807) is 6.92 Å². The van der Waals surface area contributed by atoms with E-state index in [1.165, 1.54) is 10.6 Å². The molecule has 1 aliphatic heterocycles. The maximum atomic E-state index is 11.3. The Morgan fingerprint density at radius 2 is 1.81 bits per heavy atom. The fourth-order valence-corrected chi connectivity index (χ4v) is 2.72. The Bertz CT molecular complexity index is 295. The first-order chi connectivity index (χ1) is 7.39. The number of rotatable bonds is 5. The maximum absolute atomic E-state index is 11.3. The first-order valence-corrected chi connectivity index (χ1v) is 7.60. The predicted molar refractivity (Wildman–Crippen MR) is 63.8 cm³/mol. The highest BCUT2D eigenvalue weighted by molar-refractivity contribution is 7.88. The van der Waals surface area contributed by atoms with Gasteiger partial charge in [0.2, 0.25) is 10.0 Å². The normalized spacial score (nSPS) is 22.2. The summed E-state index contributed by atoms with van der Waals surface area (Å²) in [6, 6.07) is 0. The molecule has 0 aromatic carbocycles. The molecule has 0 saturated carbocycles. The second-order valence-electron chi connectivity index (χ2n) is 4.49. The number of nitrogens with zero attached hydrogens (tertiary/aromatic N) is 2. The van der Waals surface area contributed by atoms with Gasteiger partial charge in [-0.3, -0.25) is 0 Å². The zero-order valence-electron chi connectivity index (χ0n) is 10.1. The van der Waals surface area contributed by atoms with Gasteiger partial charge in [-0.25, -0.2) is 8.42 Å². The lowest BCUT2D eigenvalue weighted by atomic mass is 10.2. The first-order valence-electron chi connectivity index (χ1n) is 5.75. The number of sulfonamides is 1. The molecule has 96 valence electrons. The summed E-state index contributed by atoms with van der Waals surface area (Å²) >= 11 is 0. The second-order valence-corrected chi connectivity index (χ2v) is 6.48. The van der Waals surface area contributed by atoms with Crippen molar-refractivity contribution in [2.24, 2.45) is 0 Å². The van der Waals surface area contributed by atoms with Gasteiger partial charge in [0.1, 0.15) is 0 Å². The molecule has 16 heavy (non-hydrogen) atoms. The van der Waals surface area contributed by atoms with Gasteiger partial charge in [-0.2, -0.15) is 4.31 Å². The van der Waals surface area contributed by atoms with Crippen molar-refractivity contribution in [3.8, 4) is 0 Å². The molecular formula is C10H22N2O3S. The average Bonchev–Trinajstić information content (AvgIpc) is 2.16. The van der Waals surface area contributed by atoms with Gasteiger partial charge in [-0.15, -0.1) is 0 Å². The monoisotopic (exact) mass is 250 g/mol. The Hall–Kier alpha value is -0.170. The van der Waals surface area contributed by atoms with Crippen LogP contribution in [-0.2, 0) is 10.0 Å². The van der Waals surface area contributed by atoms with Gasteiger partial charge in [0.15, 0.2) is 0 Å². The fraction of sp³-hybridized carbons (Fsp3) is 1.00. The zero-order valence-corrected chi connectivity index (χ0v) is 10.9. The number of hydrogen-bond donors (Lipinski definition) is 1. The van der Waals surface area contributed by atoms with Crippen LogP contribution in [0.15, 0.2) is 0 Å². The van der Waals surface area contributed by atoms with Crippen LogP contribution < -0.4 is 0 Å². The molecule has 6 heteroatoms. The lowest BCUT2D eigenvalue weighted by Crippen LogP contribution is -2.48. The lowest BCUT2D eigenvalue weighted by molar-refractivity contribution is 0.155. The van der Waals surface area contributed by atoms with Crippen LogP contribution >= 0.6 is 0 Å². The summed E-state index contributed by atoms with van der Waals surface area (Å²) < 4.78 is 24.1. The van der Waals surface area contributed by atoms with Gasteiger partial charge in [0.25, 0.3) is 0 Å². The van der Waals surface area contributed by atoms with E-state index < -0.39 is 10.0 Å². The van der Waals surface area contributed by atoms with E-state index in [-0.39, 0.29) is 6.10 Å². The average molecular weight is 250 g/mol. The lowest BCUT2D eigenvalue weighted by Gasteiger charge is -2.33. The van der Waals surface area contributed by atoms with E-state index in [1.807, 2.05) is 0 Å². The van der Waals surface area contributed by atoms with E-state index in [0.717, 1.165) is 32.5 Å². The highest BCUT2D eigenvalue weighted by Gasteiger charge is 2.22. The van der Waals surface area contributed by atoms with E-state index in [0.29, 0.717) is 13.1 Å². The minimum atomic E-state index is -3.02. The number of hydrogen-bond acceptors (Lipinski definition) is 4. The van der Waals surface area contributed by atoms with Crippen molar-refractivity contribution in [3.05, 3.63) is 0 Å². The Balaban J connectivity index is 2.22. The molecule has 1 aliphatic rings. The predicted octanol–water partition coefficient (Wildman–Crippen LogP) is -0.275. The van der Waals surface area contributed by atoms with Gasteiger partial charge < -0.3 is 10.0 Å². The van der Waals surface area contributed by atoms with Crippen LogP contribution in [0, 0.1) is 0 Å². The van der Waals surface area contributed by atoms with E-state index in [2.05, 4.69) is 4.90 Å². The van der Waals surface area contributed by atoms with Gasteiger partial charge in [-0.05, 0) is 26.3 Å². The van der Waals surface area contributed by atoms with E-state index in [9.17, 15) is 8.42 Å². The number of piperazine rings is 1. The molecule has 1 heterocycles. The van der Waals surface area contributed by atoms with Crippen LogP contribution in [0.5, 0.6) is 0 Å². The van der Waals surface area contributed by atoms with Gasteiger partial charge in [-0.1, -0.05) is 0 Å². The molecule has 5 nitrogen and oxygen atoms in total. The first kappa shape index (κ1) is 13.9. The van der Waals surface area contributed by atoms with Gasteiger partial charge in [0.05, 0.1) is 12.4 Å². The van der Waals surface area contributed by atoms with Crippen molar-refractivity contribution < 1.29 is 13.5 Å². The largest absolute Gasteiger partial charge is 0.393 e. The molecule has 0 aliphatic carbocycles. The SMILES string of the molecule is CC(O)CCCN1CCN(S(C)(=O)=O)CC1. The number of aliphatic hydroxyl groups is 1. The van der Waals surface area contributed by atoms with Crippen LogP contribution in [0.1, 0.15) is 19.8 Å². The quantitative estimate of drug-likeness (QED) is 0.729. The Morgan fingerprint density at radius 1 is 1.25 bits per heavy atom. The maximum Gasteiger partial charge on any atom is 0.211 e. The molecule has 0 amide bonds. The molecule has 0 radical (unpaired) electrons. The van der Waals surface area contributed by atoms with Crippen molar-refractivity contribution in [1.82, 2.24) is 9.21 Å². The smallest absolute Gasteiger partial charge is 0.211 e. The standard InChI is InChI=1S/C10H22N2O3S/c1-10(13)4-3-5-11-6-8-12(9-7-11)16(2,14)15/h10,13H,3-9H2,1-2H3. The summed E-state index contributed by atoms with van der Waals surface area (Å²) in [4.78, 5) is 2.25. The summed E-state index contributed by atoms with van der Waals surface area (Å²) in [7, 11) is -3.02. The molecule has 1 rings (SSSR count). The molecule has 0 aromatic rings. The van der Waals surface area contributed by atoms with Crippen molar-refractivity contribution in [3.63, 3.8) is 0 Å². The summed E-state index contributed by atoms with van der Waals surface area (Å²) in [6.45, 7) is 5.52. The summed E-state index contributed by atoms with van der Waals surface area (Å²) in [5, 5.41) is 9.12. The molecule has 0 aromatic heterocycles. The summed E-state index contributed by atoms with van der Waals surface area (Å²) in [5.41, 5.74) is 0. The minimum Gasteiger partial charge on any atom is -0.393 e. The molecule has 1 N–H and O–H groups in total. The molecule has 1 unspecified atom stereocenters. The molecule has 1 saturated heterocycles. The van der Waals surface area contributed by atoms with Crippen LogP contribution in [-0.4, -0.2) is 67.8 Å². The third-order valence-corrected chi connectivity index (χ3v) is 4.20. The van der Waals surface area contributed by atoms with E-state index >= 15 is 0 Å². The highest BCUT2D eigenvalue weighted by Crippen LogP contribution is 2.07. The van der Waals surface area contributed by atoms with Crippen LogP contribution in [0.4, 0.5) is 0 Å². The van der Waals surface area contributed by atoms with Crippen molar-refractivity contribution in [2.45, 2.75) is 25.9 Å². The van der Waals surface area contributed by atoms with Crippen LogP contribution in [0.3, 0.4) is 0 Å². The Labute approximate surface area is 98.1 Å². The van der Waals surface area contributed by atoms with Gasteiger partial charge in [0, 0.05) is 26.2 Å².